The van der Waals surface area contributed by atoms with Crippen LogP contribution in [0.5, 0.6) is 5.75 Å². The average molecular weight is 411 g/mol. The fourth-order valence-corrected chi connectivity index (χ4v) is 3.57. The van der Waals surface area contributed by atoms with Gasteiger partial charge in [-0.15, -0.1) is 10.2 Å². The zero-order valence-electron chi connectivity index (χ0n) is 14.3. The molecule has 3 heterocycles. The van der Waals surface area contributed by atoms with E-state index in [0.717, 1.165) is 27.6 Å². The number of rotatable bonds is 5. The summed E-state index contributed by atoms with van der Waals surface area (Å²) in [4.78, 5) is 0.473. The van der Waals surface area contributed by atoms with Crippen LogP contribution < -0.4 is 4.74 Å². The lowest BCUT2D eigenvalue weighted by molar-refractivity contribution is 0.264. The van der Waals surface area contributed by atoms with Gasteiger partial charge in [-0.05, 0) is 42.6 Å². The van der Waals surface area contributed by atoms with Crippen molar-refractivity contribution < 1.29 is 13.6 Å². The number of fused-ring (bicyclic) bond motifs is 3. The van der Waals surface area contributed by atoms with Gasteiger partial charge in [0.2, 0.25) is 5.89 Å². The number of H-pyrrole nitrogens is 2. The van der Waals surface area contributed by atoms with Crippen LogP contribution in [0.15, 0.2) is 51.3 Å². The number of nitrogens with zero attached hydrogens (tertiary/aromatic N) is 3. The standard InChI is InChI=1S/C18H13N5O3S2/c27-17-21-19-14(25-17)8-23-11-5-2-1-4-10(11)16-12(23)6-3-7-13(16)24-9-15-20-22-18(28)26-15/h1-7H,8-9H2,(H,21,27)(H,22,28). The molecule has 0 unspecified atom stereocenters. The monoisotopic (exact) mass is 411 g/mol. The maximum atomic E-state index is 6.00. The van der Waals surface area contributed by atoms with Crippen molar-refractivity contribution in [3.63, 3.8) is 0 Å². The van der Waals surface area contributed by atoms with Gasteiger partial charge >= 0.3 is 0 Å². The third-order valence-electron chi connectivity index (χ3n) is 4.37. The molecule has 0 aliphatic carbocycles. The van der Waals surface area contributed by atoms with Crippen molar-refractivity contribution in [2.75, 3.05) is 0 Å². The summed E-state index contributed by atoms with van der Waals surface area (Å²) < 4.78 is 18.8. The van der Waals surface area contributed by atoms with Crippen LogP contribution in [0.4, 0.5) is 0 Å². The van der Waals surface area contributed by atoms with Crippen molar-refractivity contribution in [3.05, 3.63) is 63.9 Å². The molecule has 2 aromatic carbocycles. The molecule has 10 heteroatoms. The summed E-state index contributed by atoms with van der Waals surface area (Å²) in [5.41, 5.74) is 2.03. The van der Waals surface area contributed by atoms with E-state index in [1.54, 1.807) is 0 Å². The number of hydrogen-bond donors (Lipinski definition) is 2. The third kappa shape index (κ3) is 2.92. The molecule has 0 radical (unpaired) electrons. The molecule has 5 aromatic rings. The van der Waals surface area contributed by atoms with E-state index in [0.29, 0.717) is 18.3 Å². The highest BCUT2D eigenvalue weighted by Gasteiger charge is 2.16. The molecule has 28 heavy (non-hydrogen) atoms. The second-order valence-electron chi connectivity index (χ2n) is 6.06. The summed E-state index contributed by atoms with van der Waals surface area (Å²) in [7, 11) is 0. The summed E-state index contributed by atoms with van der Waals surface area (Å²) in [6, 6.07) is 14.0. The molecular formula is C18H13N5O3S2. The quantitative estimate of drug-likeness (QED) is 0.411. The number of aromatic nitrogens is 5. The summed E-state index contributed by atoms with van der Waals surface area (Å²) in [6.45, 7) is 0.606. The number of hydrogen-bond acceptors (Lipinski definition) is 7. The molecule has 140 valence electrons. The number of ether oxygens (including phenoxy) is 1. The molecular weight excluding hydrogens is 398 g/mol. The molecule has 0 saturated heterocycles. The third-order valence-corrected chi connectivity index (χ3v) is 4.72. The normalized spacial score (nSPS) is 11.4. The van der Waals surface area contributed by atoms with Gasteiger partial charge in [-0.2, -0.15) is 0 Å². The SMILES string of the molecule is S=c1[nH]nc(COc2cccc3c2c2ccccc2n3Cc2n[nH]c(=S)o2)o1. The Balaban J connectivity index is 1.63. The van der Waals surface area contributed by atoms with Crippen LogP contribution in [0.25, 0.3) is 21.8 Å². The first-order chi connectivity index (χ1) is 13.7. The lowest BCUT2D eigenvalue weighted by Gasteiger charge is -2.07. The number of para-hydroxylation sites is 1. The largest absolute Gasteiger partial charge is 0.483 e. The molecule has 3 aromatic heterocycles. The van der Waals surface area contributed by atoms with Crippen LogP contribution in [-0.4, -0.2) is 25.0 Å². The minimum atomic E-state index is 0.166. The van der Waals surface area contributed by atoms with Gasteiger partial charge in [0.25, 0.3) is 15.6 Å². The Kier molecular flexibility index (Phi) is 4.06. The predicted molar refractivity (Wildman–Crippen MR) is 106 cm³/mol. The second kappa shape index (κ2) is 6.73. The number of nitrogens with one attached hydrogen (secondary N) is 2. The zero-order valence-corrected chi connectivity index (χ0v) is 16.0. The average Bonchev–Trinajstić information content (AvgIpc) is 3.39. The van der Waals surface area contributed by atoms with Gasteiger partial charge in [-0.1, -0.05) is 24.3 Å². The van der Waals surface area contributed by atoms with Crippen molar-refractivity contribution >= 4 is 46.2 Å². The first-order valence-electron chi connectivity index (χ1n) is 8.40. The fraction of sp³-hybridized carbons (Fsp3) is 0.111. The Morgan fingerprint density at radius 1 is 0.893 bits per heavy atom. The van der Waals surface area contributed by atoms with Crippen molar-refractivity contribution in [3.8, 4) is 5.75 Å². The van der Waals surface area contributed by atoms with Crippen LogP contribution in [0.2, 0.25) is 0 Å². The second-order valence-corrected chi connectivity index (χ2v) is 6.80. The molecule has 0 amide bonds. The van der Waals surface area contributed by atoms with Crippen LogP contribution in [0.3, 0.4) is 0 Å². The van der Waals surface area contributed by atoms with Crippen molar-refractivity contribution in [1.29, 1.82) is 0 Å². The van der Waals surface area contributed by atoms with Crippen LogP contribution >= 0.6 is 24.4 Å². The smallest absolute Gasteiger partial charge is 0.284 e. The molecule has 0 fully saturated rings. The zero-order chi connectivity index (χ0) is 19.1. The van der Waals surface area contributed by atoms with Gasteiger partial charge in [0.05, 0.1) is 5.52 Å². The fourth-order valence-electron chi connectivity index (χ4n) is 3.28. The van der Waals surface area contributed by atoms with Gasteiger partial charge in [0.15, 0.2) is 6.61 Å². The highest BCUT2D eigenvalue weighted by molar-refractivity contribution is 7.71. The maximum absolute atomic E-state index is 6.00. The molecule has 0 spiro atoms. The molecule has 0 atom stereocenters. The molecule has 0 saturated carbocycles. The highest BCUT2D eigenvalue weighted by Crippen LogP contribution is 2.36. The van der Waals surface area contributed by atoms with E-state index in [2.05, 4.69) is 31.0 Å². The summed E-state index contributed by atoms with van der Waals surface area (Å²) in [5.74, 6) is 1.62. The Morgan fingerprint density at radius 2 is 1.61 bits per heavy atom. The van der Waals surface area contributed by atoms with E-state index in [9.17, 15) is 0 Å². The number of benzene rings is 2. The minimum Gasteiger partial charge on any atom is -0.483 e. The van der Waals surface area contributed by atoms with E-state index in [1.807, 2.05) is 36.4 Å². The predicted octanol–water partition coefficient (Wildman–Crippen LogP) is 4.51. The topological polar surface area (TPSA) is 97.8 Å². The van der Waals surface area contributed by atoms with E-state index in [-0.39, 0.29) is 16.3 Å². The molecule has 0 bridgehead atoms. The highest BCUT2D eigenvalue weighted by atomic mass is 32.1. The number of aromatic amines is 2. The maximum Gasteiger partial charge on any atom is 0.284 e. The molecule has 0 aliphatic rings. The Labute approximate surface area is 167 Å². The lowest BCUT2D eigenvalue weighted by Crippen LogP contribution is -2.00. The van der Waals surface area contributed by atoms with Crippen LogP contribution in [0, 0.1) is 9.67 Å². The van der Waals surface area contributed by atoms with E-state index >= 15 is 0 Å². The first kappa shape index (κ1) is 16.9. The molecule has 8 nitrogen and oxygen atoms in total. The van der Waals surface area contributed by atoms with Crippen LogP contribution in [0.1, 0.15) is 11.8 Å². The Bertz CT molecular complexity index is 1410. The van der Waals surface area contributed by atoms with E-state index < -0.39 is 0 Å². The summed E-state index contributed by atoms with van der Waals surface area (Å²) in [5, 5.41) is 15.4. The minimum absolute atomic E-state index is 0.166. The summed E-state index contributed by atoms with van der Waals surface area (Å²) >= 11 is 9.89. The Hall–Kier alpha value is -3.24. The lowest BCUT2D eigenvalue weighted by atomic mass is 10.1. The van der Waals surface area contributed by atoms with E-state index in [1.165, 1.54) is 0 Å². The Morgan fingerprint density at radius 3 is 2.36 bits per heavy atom. The van der Waals surface area contributed by atoms with E-state index in [4.69, 9.17) is 38.0 Å². The van der Waals surface area contributed by atoms with Gasteiger partial charge in [0.1, 0.15) is 12.3 Å². The first-order valence-corrected chi connectivity index (χ1v) is 9.22. The van der Waals surface area contributed by atoms with Crippen molar-refractivity contribution in [2.24, 2.45) is 0 Å². The van der Waals surface area contributed by atoms with Gasteiger partial charge in [-0.3, -0.25) is 0 Å². The van der Waals surface area contributed by atoms with Gasteiger partial charge in [-0.25, -0.2) is 10.2 Å². The van der Waals surface area contributed by atoms with Crippen molar-refractivity contribution in [1.82, 2.24) is 25.0 Å². The molecule has 5 rings (SSSR count). The molecule has 0 aliphatic heterocycles. The van der Waals surface area contributed by atoms with Crippen molar-refractivity contribution in [2.45, 2.75) is 13.2 Å². The molecule has 2 N–H and O–H groups in total. The van der Waals surface area contributed by atoms with Crippen LogP contribution in [-0.2, 0) is 13.2 Å². The van der Waals surface area contributed by atoms with Gasteiger partial charge < -0.3 is 18.1 Å². The van der Waals surface area contributed by atoms with Gasteiger partial charge in [0, 0.05) is 16.3 Å². The summed E-state index contributed by atoms with van der Waals surface area (Å²) in [6.07, 6.45) is 0.